The molecule has 0 aliphatic heterocycles. The fourth-order valence-electron chi connectivity index (χ4n) is 1.19. The number of aliphatic carboxylic acids is 1. The lowest BCUT2D eigenvalue weighted by atomic mass is 10.0. The van der Waals surface area contributed by atoms with Crippen LogP contribution in [-0.2, 0) is 9.59 Å². The third-order valence-corrected chi connectivity index (χ3v) is 2.58. The van der Waals surface area contributed by atoms with Crippen LogP contribution in [0.25, 0.3) is 0 Å². The summed E-state index contributed by atoms with van der Waals surface area (Å²) in [7, 11) is 1.68. The SMILES string of the molecule is CC(C)C(N)CC(=O)N(C)CCCC(=O)O. The van der Waals surface area contributed by atoms with E-state index in [-0.39, 0.29) is 24.3 Å². The predicted octanol–water partition coefficient (Wildman–Crippen LogP) is 0.683. The molecule has 3 N–H and O–H groups in total. The van der Waals surface area contributed by atoms with E-state index in [1.807, 2.05) is 13.8 Å². The van der Waals surface area contributed by atoms with E-state index in [0.717, 1.165) is 0 Å². The number of carboxylic acids is 1. The minimum atomic E-state index is -0.834. The summed E-state index contributed by atoms with van der Waals surface area (Å²) < 4.78 is 0. The second-order valence-corrected chi connectivity index (χ2v) is 4.42. The van der Waals surface area contributed by atoms with Crippen LogP contribution >= 0.6 is 0 Å². The molecule has 0 bridgehead atoms. The van der Waals surface area contributed by atoms with Gasteiger partial charge in [0.05, 0.1) is 0 Å². The Morgan fingerprint density at radius 1 is 1.38 bits per heavy atom. The summed E-state index contributed by atoms with van der Waals surface area (Å²) in [6, 6.07) is -0.130. The minimum absolute atomic E-state index is 0.0217. The number of nitrogens with zero attached hydrogens (tertiary/aromatic N) is 1. The van der Waals surface area contributed by atoms with Crippen molar-refractivity contribution < 1.29 is 14.7 Å². The standard InChI is InChI=1S/C11H22N2O3/c1-8(2)9(12)7-10(14)13(3)6-4-5-11(15)16/h8-9H,4-7,12H2,1-3H3,(H,15,16). The molecule has 0 spiro atoms. The maximum Gasteiger partial charge on any atom is 0.303 e. The van der Waals surface area contributed by atoms with Crippen LogP contribution in [0.1, 0.15) is 33.1 Å². The van der Waals surface area contributed by atoms with Gasteiger partial charge in [0, 0.05) is 32.5 Å². The largest absolute Gasteiger partial charge is 0.481 e. The highest BCUT2D eigenvalue weighted by atomic mass is 16.4. The molecule has 0 aromatic carbocycles. The van der Waals surface area contributed by atoms with Crippen molar-refractivity contribution in [1.82, 2.24) is 4.90 Å². The quantitative estimate of drug-likeness (QED) is 0.673. The van der Waals surface area contributed by atoms with E-state index in [1.165, 1.54) is 0 Å². The van der Waals surface area contributed by atoms with Gasteiger partial charge in [0.25, 0.3) is 0 Å². The van der Waals surface area contributed by atoms with E-state index in [4.69, 9.17) is 10.8 Å². The summed E-state index contributed by atoms with van der Waals surface area (Å²) in [6.45, 7) is 4.42. The van der Waals surface area contributed by atoms with Crippen LogP contribution in [0.15, 0.2) is 0 Å². The molecular formula is C11H22N2O3. The fourth-order valence-corrected chi connectivity index (χ4v) is 1.19. The molecule has 0 saturated carbocycles. The summed E-state index contributed by atoms with van der Waals surface area (Å²) in [5.41, 5.74) is 5.79. The number of carbonyl (C=O) groups excluding carboxylic acids is 1. The highest BCUT2D eigenvalue weighted by molar-refractivity contribution is 5.76. The van der Waals surface area contributed by atoms with Gasteiger partial charge in [-0.25, -0.2) is 0 Å². The Bertz CT molecular complexity index is 241. The molecule has 0 radical (unpaired) electrons. The van der Waals surface area contributed by atoms with Crippen LogP contribution in [0.3, 0.4) is 0 Å². The summed E-state index contributed by atoms with van der Waals surface area (Å²) in [5, 5.41) is 8.46. The lowest BCUT2D eigenvalue weighted by Crippen LogP contribution is -2.36. The van der Waals surface area contributed by atoms with Crippen LogP contribution in [0, 0.1) is 5.92 Å². The van der Waals surface area contributed by atoms with Crippen molar-refractivity contribution >= 4 is 11.9 Å². The maximum atomic E-state index is 11.6. The number of amides is 1. The average Bonchev–Trinajstić information content (AvgIpc) is 2.16. The van der Waals surface area contributed by atoms with E-state index in [2.05, 4.69) is 0 Å². The topological polar surface area (TPSA) is 83.6 Å². The van der Waals surface area contributed by atoms with Crippen molar-refractivity contribution in [3.05, 3.63) is 0 Å². The zero-order valence-corrected chi connectivity index (χ0v) is 10.3. The molecule has 1 unspecified atom stereocenters. The van der Waals surface area contributed by atoms with Crippen LogP contribution in [0.5, 0.6) is 0 Å². The normalized spacial score (nSPS) is 12.6. The summed E-state index contributed by atoms with van der Waals surface area (Å²) in [5.74, 6) is -0.581. The van der Waals surface area contributed by atoms with Crippen molar-refractivity contribution in [3.63, 3.8) is 0 Å². The van der Waals surface area contributed by atoms with Crippen molar-refractivity contribution in [1.29, 1.82) is 0 Å². The highest BCUT2D eigenvalue weighted by Gasteiger charge is 2.16. The van der Waals surface area contributed by atoms with Gasteiger partial charge in [0.1, 0.15) is 0 Å². The van der Waals surface area contributed by atoms with E-state index < -0.39 is 5.97 Å². The first-order valence-corrected chi connectivity index (χ1v) is 5.56. The van der Waals surface area contributed by atoms with Crippen molar-refractivity contribution in [2.75, 3.05) is 13.6 Å². The number of hydrogen-bond donors (Lipinski definition) is 2. The molecule has 0 fully saturated rings. The van der Waals surface area contributed by atoms with Gasteiger partial charge >= 0.3 is 5.97 Å². The van der Waals surface area contributed by atoms with Crippen LogP contribution in [0.4, 0.5) is 0 Å². The molecule has 0 aromatic rings. The van der Waals surface area contributed by atoms with Gasteiger partial charge in [0.15, 0.2) is 0 Å². The molecular weight excluding hydrogens is 208 g/mol. The smallest absolute Gasteiger partial charge is 0.303 e. The van der Waals surface area contributed by atoms with E-state index in [1.54, 1.807) is 11.9 Å². The van der Waals surface area contributed by atoms with E-state index >= 15 is 0 Å². The first-order chi connectivity index (χ1) is 7.34. The zero-order valence-electron chi connectivity index (χ0n) is 10.3. The van der Waals surface area contributed by atoms with Gasteiger partial charge in [-0.2, -0.15) is 0 Å². The minimum Gasteiger partial charge on any atom is -0.481 e. The Morgan fingerprint density at radius 3 is 2.38 bits per heavy atom. The van der Waals surface area contributed by atoms with Crippen LogP contribution in [-0.4, -0.2) is 41.5 Å². The molecule has 94 valence electrons. The predicted molar refractivity (Wildman–Crippen MR) is 61.9 cm³/mol. The molecule has 0 rings (SSSR count). The molecule has 16 heavy (non-hydrogen) atoms. The molecule has 0 heterocycles. The van der Waals surface area contributed by atoms with Crippen LogP contribution < -0.4 is 5.73 Å². The van der Waals surface area contributed by atoms with Crippen molar-refractivity contribution in [3.8, 4) is 0 Å². The number of carbonyl (C=O) groups is 2. The summed E-state index contributed by atoms with van der Waals surface area (Å²) in [6.07, 6.45) is 0.892. The average molecular weight is 230 g/mol. The number of rotatable bonds is 7. The second-order valence-electron chi connectivity index (χ2n) is 4.42. The molecule has 5 nitrogen and oxygen atoms in total. The lowest BCUT2D eigenvalue weighted by Gasteiger charge is -2.21. The zero-order chi connectivity index (χ0) is 12.7. The van der Waals surface area contributed by atoms with Gasteiger partial charge in [0.2, 0.25) is 5.91 Å². The molecule has 1 amide bonds. The number of carboxylic acid groups (broad SMARTS) is 1. The molecule has 0 aliphatic carbocycles. The van der Waals surface area contributed by atoms with Crippen molar-refractivity contribution in [2.45, 2.75) is 39.2 Å². The summed E-state index contributed by atoms with van der Waals surface area (Å²) >= 11 is 0. The Morgan fingerprint density at radius 2 is 1.94 bits per heavy atom. The Labute approximate surface area is 96.6 Å². The van der Waals surface area contributed by atoms with Gasteiger partial charge < -0.3 is 15.7 Å². The van der Waals surface area contributed by atoms with Gasteiger partial charge in [-0.3, -0.25) is 9.59 Å². The third kappa shape index (κ3) is 6.40. The molecule has 1 atom stereocenters. The van der Waals surface area contributed by atoms with Gasteiger partial charge in [-0.1, -0.05) is 13.8 Å². The van der Waals surface area contributed by atoms with Gasteiger partial charge in [-0.05, 0) is 12.3 Å². The first kappa shape index (κ1) is 14.9. The Balaban J connectivity index is 3.86. The maximum absolute atomic E-state index is 11.6. The first-order valence-electron chi connectivity index (χ1n) is 5.56. The molecule has 0 saturated heterocycles. The summed E-state index contributed by atoms with van der Waals surface area (Å²) in [4.78, 5) is 23.5. The molecule has 0 aliphatic rings. The lowest BCUT2D eigenvalue weighted by molar-refractivity contribution is -0.138. The number of nitrogens with two attached hydrogens (primary N) is 1. The highest BCUT2D eigenvalue weighted by Crippen LogP contribution is 2.05. The van der Waals surface area contributed by atoms with E-state index in [0.29, 0.717) is 19.4 Å². The second kappa shape index (κ2) is 7.22. The van der Waals surface area contributed by atoms with Crippen molar-refractivity contribution in [2.24, 2.45) is 11.7 Å². The monoisotopic (exact) mass is 230 g/mol. The number of hydrogen-bond acceptors (Lipinski definition) is 3. The fraction of sp³-hybridized carbons (Fsp3) is 0.818. The van der Waals surface area contributed by atoms with Crippen LogP contribution in [0.2, 0.25) is 0 Å². The van der Waals surface area contributed by atoms with Gasteiger partial charge in [-0.15, -0.1) is 0 Å². The Hall–Kier alpha value is -1.10. The molecule has 0 aromatic heterocycles. The Kier molecular flexibility index (Phi) is 6.72. The van der Waals surface area contributed by atoms with E-state index in [9.17, 15) is 9.59 Å². The third-order valence-electron chi connectivity index (χ3n) is 2.58. The molecule has 5 heteroatoms.